The van der Waals surface area contributed by atoms with Gasteiger partial charge in [0.05, 0.1) is 6.20 Å². The number of benzene rings is 1. The molecule has 0 saturated carbocycles. The molecular weight excluding hydrogens is 314 g/mol. The molecule has 25 heavy (non-hydrogen) atoms. The number of carbonyl (C=O) groups excluding carboxylic acids is 1. The third-order valence-electron chi connectivity index (χ3n) is 5.43. The molecule has 0 radical (unpaired) electrons. The zero-order chi connectivity index (χ0) is 17.1. The van der Waals surface area contributed by atoms with Crippen LogP contribution in [-0.4, -0.2) is 42.0 Å². The van der Waals surface area contributed by atoms with Crippen molar-refractivity contribution in [2.75, 3.05) is 31.1 Å². The molecule has 1 amide bonds. The van der Waals surface area contributed by atoms with Crippen LogP contribution in [-0.2, 0) is 11.2 Å². The Kier molecular flexibility index (Phi) is 4.72. The Bertz CT molecular complexity index is 713. The molecule has 0 bridgehead atoms. The van der Waals surface area contributed by atoms with Gasteiger partial charge in [0.1, 0.15) is 5.76 Å². The lowest BCUT2D eigenvalue weighted by Gasteiger charge is -2.34. The van der Waals surface area contributed by atoms with Gasteiger partial charge in [0.25, 0.3) is 0 Å². The third-order valence-corrected chi connectivity index (χ3v) is 5.43. The normalized spacial score (nSPS) is 20.4. The minimum atomic E-state index is 0.257. The summed E-state index contributed by atoms with van der Waals surface area (Å²) >= 11 is 0. The first kappa shape index (κ1) is 16.2. The highest BCUT2D eigenvalue weighted by atomic mass is 16.3. The molecule has 1 unspecified atom stereocenters. The maximum absolute atomic E-state index is 12.7. The second-order valence-electron chi connectivity index (χ2n) is 7.05. The van der Waals surface area contributed by atoms with Crippen LogP contribution in [0.5, 0.6) is 0 Å². The van der Waals surface area contributed by atoms with E-state index in [1.807, 2.05) is 4.90 Å². The molecule has 132 valence electrons. The number of carbonyl (C=O) groups is 1. The van der Waals surface area contributed by atoms with E-state index in [4.69, 9.17) is 4.42 Å². The summed E-state index contributed by atoms with van der Waals surface area (Å²) in [6, 6.07) is 8.58. The molecule has 5 nitrogen and oxygen atoms in total. The molecule has 0 N–H and O–H groups in total. The van der Waals surface area contributed by atoms with E-state index in [0.29, 0.717) is 6.42 Å². The summed E-state index contributed by atoms with van der Waals surface area (Å²) in [6.07, 6.45) is 8.25. The SMILES string of the molecule is O=C(CCN1CCCc2ccccc21)N1CCCC(c2cnco2)C1. The number of hydrogen-bond acceptors (Lipinski definition) is 4. The number of oxazole rings is 1. The summed E-state index contributed by atoms with van der Waals surface area (Å²) in [5.74, 6) is 1.45. The zero-order valence-electron chi connectivity index (χ0n) is 14.6. The fourth-order valence-electron chi connectivity index (χ4n) is 4.10. The Balaban J connectivity index is 1.35. The third kappa shape index (κ3) is 3.55. The lowest BCUT2D eigenvalue weighted by molar-refractivity contribution is -0.132. The van der Waals surface area contributed by atoms with Gasteiger partial charge in [0, 0.05) is 44.2 Å². The Labute approximate surface area is 148 Å². The van der Waals surface area contributed by atoms with Crippen molar-refractivity contribution in [3.05, 3.63) is 48.2 Å². The predicted octanol–water partition coefficient (Wildman–Crippen LogP) is 3.22. The maximum Gasteiger partial charge on any atom is 0.224 e. The van der Waals surface area contributed by atoms with Crippen LogP contribution in [0.15, 0.2) is 41.3 Å². The van der Waals surface area contributed by atoms with Crippen LogP contribution in [0.2, 0.25) is 0 Å². The molecule has 1 aromatic carbocycles. The summed E-state index contributed by atoms with van der Waals surface area (Å²) in [7, 11) is 0. The average Bonchev–Trinajstić information content (AvgIpc) is 3.21. The van der Waals surface area contributed by atoms with Crippen molar-refractivity contribution in [1.29, 1.82) is 0 Å². The van der Waals surface area contributed by atoms with Gasteiger partial charge in [-0.25, -0.2) is 4.98 Å². The number of hydrogen-bond donors (Lipinski definition) is 0. The predicted molar refractivity (Wildman–Crippen MR) is 96.7 cm³/mol. The number of amides is 1. The quantitative estimate of drug-likeness (QED) is 0.858. The van der Waals surface area contributed by atoms with Crippen LogP contribution in [0.1, 0.15) is 42.9 Å². The standard InChI is InChI=1S/C20H25N3O2/c24-20(23-11-4-7-17(14-23)19-13-21-15-25-19)9-12-22-10-3-6-16-5-1-2-8-18(16)22/h1-2,5,8,13,15,17H,3-4,6-7,9-12,14H2. The number of fused-ring (bicyclic) bond motifs is 1. The number of anilines is 1. The van der Waals surface area contributed by atoms with E-state index in [1.54, 1.807) is 6.20 Å². The largest absolute Gasteiger partial charge is 0.448 e. The maximum atomic E-state index is 12.7. The van der Waals surface area contributed by atoms with Gasteiger partial charge in [-0.05, 0) is 37.3 Å². The van der Waals surface area contributed by atoms with Crippen molar-refractivity contribution in [2.45, 2.75) is 38.0 Å². The van der Waals surface area contributed by atoms with E-state index in [0.717, 1.165) is 51.2 Å². The summed E-state index contributed by atoms with van der Waals surface area (Å²) in [5, 5.41) is 0. The topological polar surface area (TPSA) is 49.6 Å². The van der Waals surface area contributed by atoms with Crippen molar-refractivity contribution < 1.29 is 9.21 Å². The van der Waals surface area contributed by atoms with Gasteiger partial charge in [0.2, 0.25) is 5.91 Å². The molecule has 0 aliphatic carbocycles. The van der Waals surface area contributed by atoms with Crippen molar-refractivity contribution in [2.24, 2.45) is 0 Å². The van der Waals surface area contributed by atoms with E-state index < -0.39 is 0 Å². The second-order valence-corrected chi connectivity index (χ2v) is 7.05. The summed E-state index contributed by atoms with van der Waals surface area (Å²) in [5.41, 5.74) is 2.71. The molecule has 1 saturated heterocycles. The van der Waals surface area contributed by atoms with Crippen LogP contribution in [0.25, 0.3) is 0 Å². The summed E-state index contributed by atoms with van der Waals surface area (Å²) < 4.78 is 5.44. The van der Waals surface area contributed by atoms with Crippen LogP contribution < -0.4 is 4.90 Å². The van der Waals surface area contributed by atoms with Crippen LogP contribution in [0.4, 0.5) is 5.69 Å². The van der Waals surface area contributed by atoms with E-state index in [-0.39, 0.29) is 11.8 Å². The van der Waals surface area contributed by atoms with Crippen LogP contribution >= 0.6 is 0 Å². The molecule has 3 heterocycles. The van der Waals surface area contributed by atoms with Gasteiger partial charge < -0.3 is 14.2 Å². The molecule has 0 spiro atoms. The first-order valence-electron chi connectivity index (χ1n) is 9.30. The highest BCUT2D eigenvalue weighted by molar-refractivity contribution is 5.77. The molecule has 4 rings (SSSR count). The van der Waals surface area contributed by atoms with E-state index in [1.165, 1.54) is 24.1 Å². The number of aromatic nitrogens is 1. The van der Waals surface area contributed by atoms with Crippen molar-refractivity contribution in [3.8, 4) is 0 Å². The van der Waals surface area contributed by atoms with Gasteiger partial charge in [-0.15, -0.1) is 0 Å². The Morgan fingerprint density at radius 3 is 3.04 bits per heavy atom. The van der Waals surface area contributed by atoms with Gasteiger partial charge >= 0.3 is 0 Å². The Hall–Kier alpha value is -2.30. The molecule has 2 aliphatic heterocycles. The summed E-state index contributed by atoms with van der Waals surface area (Å²) in [4.78, 5) is 21.1. The van der Waals surface area contributed by atoms with E-state index in [9.17, 15) is 4.79 Å². The summed E-state index contributed by atoms with van der Waals surface area (Å²) in [6.45, 7) is 3.47. The number of aryl methyl sites for hydroxylation is 1. The monoisotopic (exact) mass is 339 g/mol. The highest BCUT2D eigenvalue weighted by Crippen LogP contribution is 2.28. The minimum absolute atomic E-state index is 0.257. The molecular formula is C20H25N3O2. The first-order chi connectivity index (χ1) is 12.3. The smallest absolute Gasteiger partial charge is 0.224 e. The van der Waals surface area contributed by atoms with E-state index in [2.05, 4.69) is 34.1 Å². The minimum Gasteiger partial charge on any atom is -0.448 e. The lowest BCUT2D eigenvalue weighted by Crippen LogP contribution is -2.41. The molecule has 2 aliphatic rings. The van der Waals surface area contributed by atoms with Crippen LogP contribution in [0, 0.1) is 0 Å². The molecule has 2 aromatic rings. The second kappa shape index (κ2) is 7.30. The van der Waals surface area contributed by atoms with Gasteiger partial charge in [-0.2, -0.15) is 0 Å². The molecule has 1 aromatic heterocycles. The molecule has 1 fully saturated rings. The van der Waals surface area contributed by atoms with Gasteiger partial charge in [-0.1, -0.05) is 18.2 Å². The molecule has 1 atom stereocenters. The fraction of sp³-hybridized carbons (Fsp3) is 0.500. The zero-order valence-corrected chi connectivity index (χ0v) is 14.6. The van der Waals surface area contributed by atoms with Crippen molar-refractivity contribution >= 4 is 11.6 Å². The number of nitrogens with zero attached hydrogens (tertiary/aromatic N) is 3. The number of piperidine rings is 1. The number of likely N-dealkylation sites (tertiary alicyclic amines) is 1. The number of rotatable bonds is 4. The van der Waals surface area contributed by atoms with Gasteiger partial charge in [0.15, 0.2) is 6.39 Å². The highest BCUT2D eigenvalue weighted by Gasteiger charge is 2.27. The first-order valence-corrected chi connectivity index (χ1v) is 9.30. The van der Waals surface area contributed by atoms with Crippen molar-refractivity contribution in [3.63, 3.8) is 0 Å². The Morgan fingerprint density at radius 1 is 1.24 bits per heavy atom. The van der Waals surface area contributed by atoms with Crippen LogP contribution in [0.3, 0.4) is 0 Å². The molecule has 5 heteroatoms. The fourth-order valence-corrected chi connectivity index (χ4v) is 4.10. The van der Waals surface area contributed by atoms with E-state index >= 15 is 0 Å². The average molecular weight is 339 g/mol. The lowest BCUT2D eigenvalue weighted by atomic mass is 9.95. The Morgan fingerprint density at radius 2 is 2.16 bits per heavy atom. The van der Waals surface area contributed by atoms with Crippen molar-refractivity contribution in [1.82, 2.24) is 9.88 Å². The van der Waals surface area contributed by atoms with Gasteiger partial charge in [-0.3, -0.25) is 4.79 Å². The number of para-hydroxylation sites is 1.